The first-order valence-corrected chi connectivity index (χ1v) is 5.96. The van der Waals surface area contributed by atoms with Crippen LogP contribution in [0, 0.1) is 5.92 Å². The monoisotopic (exact) mass is 228 g/mol. The summed E-state index contributed by atoms with van der Waals surface area (Å²) in [6.45, 7) is 7.38. The van der Waals surface area contributed by atoms with Crippen LogP contribution in [-0.4, -0.2) is 30.1 Å². The molecule has 0 radical (unpaired) electrons. The maximum atomic E-state index is 11.0. The van der Waals surface area contributed by atoms with Crippen molar-refractivity contribution in [2.75, 3.05) is 0 Å². The second-order valence-corrected chi connectivity index (χ2v) is 5.12. The van der Waals surface area contributed by atoms with E-state index in [1.54, 1.807) is 0 Å². The number of hydrogen-bond donors (Lipinski definition) is 0. The summed E-state index contributed by atoms with van der Waals surface area (Å²) in [5, 5.41) is 0. The van der Waals surface area contributed by atoms with E-state index >= 15 is 0 Å². The van der Waals surface area contributed by atoms with Crippen molar-refractivity contribution in [3.05, 3.63) is 0 Å². The highest BCUT2D eigenvalue weighted by atomic mass is 16.8. The summed E-state index contributed by atoms with van der Waals surface area (Å²) < 4.78 is 17.0. The molecule has 1 aliphatic heterocycles. The first-order valence-electron chi connectivity index (χ1n) is 5.96. The van der Waals surface area contributed by atoms with Crippen LogP contribution in [0.1, 0.15) is 40.5 Å². The summed E-state index contributed by atoms with van der Waals surface area (Å²) >= 11 is 0. The minimum atomic E-state index is -0.554. The number of carbonyl (C=O) groups excluding carboxylic acids is 1. The Balaban J connectivity index is 2.11. The standard InChI is InChI=1S/C12H20O4/c1-5-8-6-9(14-7(2)13)11-10(8)15-12(3,4)16-11/h8-11H,5-6H2,1-4H3/t8-,9?,10+,11-/m1/s1. The van der Waals surface area contributed by atoms with Crippen LogP contribution >= 0.6 is 0 Å². The Hall–Kier alpha value is -0.610. The fraction of sp³-hybridized carbons (Fsp3) is 0.917. The smallest absolute Gasteiger partial charge is 0.302 e. The van der Waals surface area contributed by atoms with Crippen molar-refractivity contribution in [3.63, 3.8) is 0 Å². The molecule has 0 aromatic rings. The van der Waals surface area contributed by atoms with Crippen LogP contribution in [0.4, 0.5) is 0 Å². The lowest BCUT2D eigenvalue weighted by Gasteiger charge is -2.22. The minimum absolute atomic E-state index is 0.0735. The van der Waals surface area contributed by atoms with Gasteiger partial charge in [-0.1, -0.05) is 13.3 Å². The van der Waals surface area contributed by atoms with E-state index in [2.05, 4.69) is 6.92 Å². The van der Waals surface area contributed by atoms with E-state index in [4.69, 9.17) is 14.2 Å². The summed E-state index contributed by atoms with van der Waals surface area (Å²) in [5.41, 5.74) is 0. The van der Waals surface area contributed by atoms with Gasteiger partial charge in [-0.15, -0.1) is 0 Å². The van der Waals surface area contributed by atoms with Crippen molar-refractivity contribution in [3.8, 4) is 0 Å². The number of hydrogen-bond acceptors (Lipinski definition) is 4. The Labute approximate surface area is 96.2 Å². The summed E-state index contributed by atoms with van der Waals surface area (Å²) in [7, 11) is 0. The van der Waals surface area contributed by atoms with Gasteiger partial charge in [-0.05, 0) is 26.2 Å². The first-order chi connectivity index (χ1) is 7.43. The van der Waals surface area contributed by atoms with E-state index in [1.165, 1.54) is 6.92 Å². The lowest BCUT2D eigenvalue weighted by molar-refractivity contribution is -0.177. The Morgan fingerprint density at radius 3 is 2.56 bits per heavy atom. The van der Waals surface area contributed by atoms with Crippen molar-refractivity contribution in [1.29, 1.82) is 0 Å². The summed E-state index contributed by atoms with van der Waals surface area (Å²) in [6.07, 6.45) is 1.71. The Kier molecular flexibility index (Phi) is 2.97. The molecule has 2 fully saturated rings. The molecule has 16 heavy (non-hydrogen) atoms. The van der Waals surface area contributed by atoms with Crippen LogP contribution in [-0.2, 0) is 19.0 Å². The predicted octanol–water partition coefficient (Wildman–Crippen LogP) is 1.87. The van der Waals surface area contributed by atoms with E-state index in [9.17, 15) is 4.79 Å². The number of carbonyl (C=O) groups is 1. The predicted molar refractivity (Wildman–Crippen MR) is 57.8 cm³/mol. The van der Waals surface area contributed by atoms with Crippen molar-refractivity contribution in [1.82, 2.24) is 0 Å². The lowest BCUT2D eigenvalue weighted by atomic mass is 10.0. The highest BCUT2D eigenvalue weighted by Crippen LogP contribution is 2.43. The SMILES string of the molecule is CC[C@@H]1CC(OC(C)=O)[C@H]2OC(C)(C)O[C@@H]12. The molecule has 1 saturated carbocycles. The van der Waals surface area contributed by atoms with Gasteiger partial charge in [0.2, 0.25) is 0 Å². The molecule has 0 amide bonds. The van der Waals surface area contributed by atoms with Gasteiger partial charge in [0.15, 0.2) is 5.79 Å². The van der Waals surface area contributed by atoms with Gasteiger partial charge in [0.25, 0.3) is 0 Å². The van der Waals surface area contributed by atoms with Crippen LogP contribution in [0.3, 0.4) is 0 Å². The molecule has 1 heterocycles. The maximum Gasteiger partial charge on any atom is 0.302 e. The number of rotatable bonds is 2. The quantitative estimate of drug-likeness (QED) is 0.677. The van der Waals surface area contributed by atoms with Gasteiger partial charge in [0.1, 0.15) is 12.2 Å². The van der Waals surface area contributed by atoms with Crippen molar-refractivity contribution < 1.29 is 19.0 Å². The highest BCUT2D eigenvalue weighted by molar-refractivity contribution is 5.66. The average molecular weight is 228 g/mol. The van der Waals surface area contributed by atoms with Gasteiger partial charge < -0.3 is 14.2 Å². The van der Waals surface area contributed by atoms with Crippen LogP contribution < -0.4 is 0 Å². The van der Waals surface area contributed by atoms with Gasteiger partial charge in [0.05, 0.1) is 6.10 Å². The van der Waals surface area contributed by atoms with Gasteiger partial charge >= 0.3 is 5.97 Å². The van der Waals surface area contributed by atoms with Crippen LogP contribution in [0.5, 0.6) is 0 Å². The molecule has 1 saturated heterocycles. The lowest BCUT2D eigenvalue weighted by Crippen LogP contribution is -2.31. The first kappa shape index (κ1) is 11.9. The Bertz CT molecular complexity index is 287. The van der Waals surface area contributed by atoms with Crippen molar-refractivity contribution in [2.24, 2.45) is 5.92 Å². The van der Waals surface area contributed by atoms with E-state index in [1.807, 2.05) is 13.8 Å². The maximum absolute atomic E-state index is 11.0. The van der Waals surface area contributed by atoms with E-state index in [0.29, 0.717) is 5.92 Å². The van der Waals surface area contributed by atoms with Crippen LogP contribution in [0.15, 0.2) is 0 Å². The molecule has 0 aromatic heterocycles. The normalized spacial score (nSPS) is 40.8. The molecule has 0 bridgehead atoms. The molecular formula is C12H20O4. The van der Waals surface area contributed by atoms with Crippen molar-refractivity contribution >= 4 is 5.97 Å². The van der Waals surface area contributed by atoms with E-state index in [0.717, 1.165) is 12.8 Å². The molecule has 0 N–H and O–H groups in total. The number of fused-ring (bicyclic) bond motifs is 1. The number of esters is 1. The zero-order valence-electron chi connectivity index (χ0n) is 10.4. The third-order valence-electron chi connectivity index (χ3n) is 3.37. The highest BCUT2D eigenvalue weighted by Gasteiger charge is 2.54. The van der Waals surface area contributed by atoms with Gasteiger partial charge in [0, 0.05) is 6.92 Å². The summed E-state index contributed by atoms with van der Waals surface area (Å²) in [6, 6.07) is 0. The van der Waals surface area contributed by atoms with Crippen molar-refractivity contribution in [2.45, 2.75) is 64.6 Å². The molecule has 92 valence electrons. The molecule has 4 atom stereocenters. The molecule has 0 spiro atoms. The Morgan fingerprint density at radius 2 is 2.00 bits per heavy atom. The zero-order chi connectivity index (χ0) is 11.9. The molecule has 1 aliphatic carbocycles. The number of ether oxygens (including phenoxy) is 3. The average Bonchev–Trinajstić information content (AvgIpc) is 2.60. The molecule has 4 heteroatoms. The Morgan fingerprint density at radius 1 is 1.38 bits per heavy atom. The molecule has 2 aliphatic rings. The molecule has 2 rings (SSSR count). The third-order valence-corrected chi connectivity index (χ3v) is 3.37. The largest absolute Gasteiger partial charge is 0.460 e. The fourth-order valence-electron chi connectivity index (χ4n) is 2.76. The zero-order valence-corrected chi connectivity index (χ0v) is 10.4. The second-order valence-electron chi connectivity index (χ2n) is 5.12. The molecule has 4 nitrogen and oxygen atoms in total. The van der Waals surface area contributed by atoms with Gasteiger partial charge in [-0.25, -0.2) is 0 Å². The third kappa shape index (κ3) is 2.09. The van der Waals surface area contributed by atoms with Gasteiger partial charge in [-0.3, -0.25) is 4.79 Å². The van der Waals surface area contributed by atoms with E-state index in [-0.39, 0.29) is 24.3 Å². The topological polar surface area (TPSA) is 44.8 Å². The second kappa shape index (κ2) is 4.00. The van der Waals surface area contributed by atoms with Crippen LogP contribution in [0.2, 0.25) is 0 Å². The molecule has 0 aromatic carbocycles. The molecular weight excluding hydrogens is 208 g/mol. The molecule has 1 unspecified atom stereocenters. The van der Waals surface area contributed by atoms with Gasteiger partial charge in [-0.2, -0.15) is 0 Å². The fourth-order valence-corrected chi connectivity index (χ4v) is 2.76. The minimum Gasteiger partial charge on any atom is -0.460 e. The summed E-state index contributed by atoms with van der Waals surface area (Å²) in [4.78, 5) is 11.0. The van der Waals surface area contributed by atoms with Crippen LogP contribution in [0.25, 0.3) is 0 Å². The van der Waals surface area contributed by atoms with E-state index < -0.39 is 5.79 Å². The summed E-state index contributed by atoms with van der Waals surface area (Å²) in [5.74, 6) is -0.369.